The molecule has 5 heteroatoms. The molecular formula is C15H12BrFO3. The van der Waals surface area contributed by atoms with Crippen LogP contribution in [0.3, 0.4) is 0 Å². The van der Waals surface area contributed by atoms with Crippen LogP contribution in [-0.2, 0) is 0 Å². The van der Waals surface area contributed by atoms with E-state index < -0.39 is 0 Å². The zero-order valence-electron chi connectivity index (χ0n) is 10.7. The van der Waals surface area contributed by atoms with Crippen LogP contribution in [0.15, 0.2) is 46.9 Å². The van der Waals surface area contributed by atoms with Crippen molar-refractivity contribution in [3.63, 3.8) is 0 Å². The first kappa shape index (κ1) is 14.5. The van der Waals surface area contributed by atoms with Crippen LogP contribution in [0.25, 0.3) is 0 Å². The Balaban J connectivity index is 2.00. The van der Waals surface area contributed by atoms with E-state index in [0.717, 1.165) is 0 Å². The Bertz CT molecular complexity index is 611. The molecule has 2 aromatic carbocycles. The molecule has 0 saturated carbocycles. The van der Waals surface area contributed by atoms with E-state index in [-0.39, 0.29) is 18.2 Å². The highest BCUT2D eigenvalue weighted by Gasteiger charge is 2.09. The van der Waals surface area contributed by atoms with Gasteiger partial charge in [-0.25, -0.2) is 4.39 Å². The standard InChI is InChI=1S/C15H12BrFO3/c1-19-12-5-2-10(3-6-12)14(18)9-20-15-7-4-11(17)8-13(15)16/h2-8H,9H2,1H3. The Morgan fingerprint density at radius 1 is 1.20 bits per heavy atom. The Morgan fingerprint density at radius 3 is 2.50 bits per heavy atom. The predicted molar refractivity (Wildman–Crippen MR) is 76.9 cm³/mol. The van der Waals surface area contributed by atoms with Crippen molar-refractivity contribution >= 4 is 21.7 Å². The highest BCUT2D eigenvalue weighted by atomic mass is 79.9. The Labute approximate surface area is 124 Å². The number of carbonyl (C=O) groups excluding carboxylic acids is 1. The second kappa shape index (κ2) is 6.52. The van der Waals surface area contributed by atoms with E-state index in [1.165, 1.54) is 18.2 Å². The fraction of sp³-hybridized carbons (Fsp3) is 0.133. The van der Waals surface area contributed by atoms with Crippen molar-refractivity contribution < 1.29 is 18.7 Å². The third-order valence-corrected chi connectivity index (χ3v) is 3.28. The zero-order chi connectivity index (χ0) is 14.5. The van der Waals surface area contributed by atoms with E-state index in [4.69, 9.17) is 9.47 Å². The van der Waals surface area contributed by atoms with Gasteiger partial charge in [-0.3, -0.25) is 4.79 Å². The van der Waals surface area contributed by atoms with E-state index in [0.29, 0.717) is 21.5 Å². The number of hydrogen-bond donors (Lipinski definition) is 0. The lowest BCUT2D eigenvalue weighted by Crippen LogP contribution is -2.11. The van der Waals surface area contributed by atoms with Crippen molar-refractivity contribution in [2.75, 3.05) is 13.7 Å². The Kier molecular flexibility index (Phi) is 4.74. The molecule has 0 aliphatic rings. The predicted octanol–water partition coefficient (Wildman–Crippen LogP) is 3.86. The Hall–Kier alpha value is -1.88. The maximum Gasteiger partial charge on any atom is 0.200 e. The van der Waals surface area contributed by atoms with Gasteiger partial charge in [-0.1, -0.05) is 0 Å². The number of ether oxygens (including phenoxy) is 2. The molecule has 0 radical (unpaired) electrons. The molecule has 0 aromatic heterocycles. The molecule has 2 aromatic rings. The minimum atomic E-state index is -0.370. The van der Waals surface area contributed by atoms with E-state index in [1.807, 2.05) is 0 Å². The molecule has 0 heterocycles. The smallest absolute Gasteiger partial charge is 0.200 e. The van der Waals surface area contributed by atoms with Gasteiger partial charge in [-0.05, 0) is 58.4 Å². The quantitative estimate of drug-likeness (QED) is 0.776. The van der Waals surface area contributed by atoms with Gasteiger partial charge in [0.2, 0.25) is 0 Å². The maximum absolute atomic E-state index is 12.9. The number of methoxy groups -OCH3 is 1. The van der Waals surface area contributed by atoms with E-state index in [1.54, 1.807) is 31.4 Å². The van der Waals surface area contributed by atoms with Gasteiger partial charge in [0.25, 0.3) is 0 Å². The first-order chi connectivity index (χ1) is 9.60. The average molecular weight is 339 g/mol. The van der Waals surface area contributed by atoms with Crippen LogP contribution >= 0.6 is 15.9 Å². The summed E-state index contributed by atoms with van der Waals surface area (Å²) in [6.45, 7) is -0.115. The fourth-order valence-electron chi connectivity index (χ4n) is 1.60. The van der Waals surface area contributed by atoms with Gasteiger partial charge in [-0.15, -0.1) is 0 Å². The summed E-state index contributed by atoms with van der Waals surface area (Å²) in [4.78, 5) is 11.9. The van der Waals surface area contributed by atoms with Gasteiger partial charge < -0.3 is 9.47 Å². The van der Waals surface area contributed by atoms with Crippen LogP contribution in [0.5, 0.6) is 11.5 Å². The van der Waals surface area contributed by atoms with Crippen LogP contribution in [-0.4, -0.2) is 19.5 Å². The molecule has 3 nitrogen and oxygen atoms in total. The highest BCUT2D eigenvalue weighted by molar-refractivity contribution is 9.10. The van der Waals surface area contributed by atoms with Crippen molar-refractivity contribution in [1.82, 2.24) is 0 Å². The lowest BCUT2D eigenvalue weighted by molar-refractivity contribution is 0.0921. The van der Waals surface area contributed by atoms with Crippen LogP contribution in [0.4, 0.5) is 4.39 Å². The second-order valence-electron chi connectivity index (χ2n) is 4.02. The van der Waals surface area contributed by atoms with E-state index in [9.17, 15) is 9.18 Å². The molecule has 0 bridgehead atoms. The monoisotopic (exact) mass is 338 g/mol. The van der Waals surface area contributed by atoms with Crippen molar-refractivity contribution in [3.05, 3.63) is 58.3 Å². The lowest BCUT2D eigenvalue weighted by Gasteiger charge is -2.08. The topological polar surface area (TPSA) is 35.5 Å². The summed E-state index contributed by atoms with van der Waals surface area (Å²) in [5.41, 5.74) is 0.532. The molecule has 0 atom stereocenters. The van der Waals surface area contributed by atoms with Gasteiger partial charge in [0.1, 0.15) is 17.3 Å². The molecule has 0 saturated heterocycles. The number of benzene rings is 2. The van der Waals surface area contributed by atoms with Crippen molar-refractivity contribution in [3.8, 4) is 11.5 Å². The number of carbonyl (C=O) groups is 1. The number of ketones is 1. The molecular weight excluding hydrogens is 327 g/mol. The second-order valence-corrected chi connectivity index (χ2v) is 4.87. The SMILES string of the molecule is COc1ccc(C(=O)COc2ccc(F)cc2Br)cc1. The Morgan fingerprint density at radius 2 is 1.90 bits per heavy atom. The minimum absolute atomic E-state index is 0.115. The third kappa shape index (κ3) is 3.57. The fourth-order valence-corrected chi connectivity index (χ4v) is 2.06. The molecule has 0 N–H and O–H groups in total. The van der Waals surface area contributed by atoms with Crippen LogP contribution in [0.1, 0.15) is 10.4 Å². The van der Waals surface area contributed by atoms with Gasteiger partial charge in [0.15, 0.2) is 12.4 Å². The summed E-state index contributed by atoms with van der Waals surface area (Å²) in [5, 5.41) is 0. The molecule has 0 unspecified atom stereocenters. The normalized spacial score (nSPS) is 10.2. The summed E-state index contributed by atoms with van der Waals surface area (Å²) in [5.74, 6) is 0.576. The summed E-state index contributed by atoms with van der Waals surface area (Å²) in [6.07, 6.45) is 0. The molecule has 2 rings (SSSR count). The van der Waals surface area contributed by atoms with Crippen molar-refractivity contribution in [2.24, 2.45) is 0 Å². The maximum atomic E-state index is 12.9. The van der Waals surface area contributed by atoms with Crippen molar-refractivity contribution in [1.29, 1.82) is 0 Å². The zero-order valence-corrected chi connectivity index (χ0v) is 12.3. The number of halogens is 2. The molecule has 20 heavy (non-hydrogen) atoms. The van der Waals surface area contributed by atoms with Crippen LogP contribution < -0.4 is 9.47 Å². The first-order valence-electron chi connectivity index (χ1n) is 5.85. The largest absolute Gasteiger partial charge is 0.497 e. The summed E-state index contributed by atoms with van der Waals surface area (Å²) < 4.78 is 23.8. The number of rotatable bonds is 5. The summed E-state index contributed by atoms with van der Waals surface area (Å²) >= 11 is 3.18. The molecule has 104 valence electrons. The van der Waals surface area contributed by atoms with E-state index in [2.05, 4.69) is 15.9 Å². The first-order valence-corrected chi connectivity index (χ1v) is 6.64. The van der Waals surface area contributed by atoms with Crippen LogP contribution in [0, 0.1) is 5.82 Å². The molecule has 0 spiro atoms. The van der Waals surface area contributed by atoms with Crippen LogP contribution in [0.2, 0.25) is 0 Å². The number of Topliss-reactive ketones (excluding diaryl/α,β-unsaturated/α-hetero) is 1. The highest BCUT2D eigenvalue weighted by Crippen LogP contribution is 2.25. The molecule has 0 fully saturated rings. The summed E-state index contributed by atoms with van der Waals surface area (Å²) in [7, 11) is 1.56. The molecule has 0 aliphatic carbocycles. The van der Waals surface area contributed by atoms with Gasteiger partial charge in [0.05, 0.1) is 11.6 Å². The molecule has 0 aliphatic heterocycles. The lowest BCUT2D eigenvalue weighted by atomic mass is 10.1. The minimum Gasteiger partial charge on any atom is -0.497 e. The molecule has 0 amide bonds. The summed E-state index contributed by atoms with van der Waals surface area (Å²) in [6, 6.07) is 10.8. The van der Waals surface area contributed by atoms with E-state index >= 15 is 0 Å². The van der Waals surface area contributed by atoms with Gasteiger partial charge in [0, 0.05) is 5.56 Å². The third-order valence-electron chi connectivity index (χ3n) is 2.66. The average Bonchev–Trinajstić information content (AvgIpc) is 2.46. The van der Waals surface area contributed by atoms with Gasteiger partial charge in [-0.2, -0.15) is 0 Å². The van der Waals surface area contributed by atoms with Crippen molar-refractivity contribution in [2.45, 2.75) is 0 Å². The number of hydrogen-bond acceptors (Lipinski definition) is 3. The van der Waals surface area contributed by atoms with Gasteiger partial charge >= 0.3 is 0 Å².